The van der Waals surface area contributed by atoms with E-state index in [4.69, 9.17) is 5.11 Å². The predicted molar refractivity (Wildman–Crippen MR) is 65.4 cm³/mol. The van der Waals surface area contributed by atoms with Gasteiger partial charge in [-0.15, -0.1) is 16.4 Å². The molecule has 0 amide bonds. The summed E-state index contributed by atoms with van der Waals surface area (Å²) < 4.78 is 0. The highest BCUT2D eigenvalue weighted by Gasteiger charge is 2.15. The van der Waals surface area contributed by atoms with Gasteiger partial charge >= 0.3 is 5.97 Å². The van der Waals surface area contributed by atoms with Crippen LogP contribution >= 0.6 is 11.3 Å². The van der Waals surface area contributed by atoms with Gasteiger partial charge in [-0.25, -0.2) is 4.79 Å². The fourth-order valence-electron chi connectivity index (χ4n) is 1.48. The molecular weight excluding hydrogens is 238 g/mol. The van der Waals surface area contributed by atoms with Gasteiger partial charge in [0.15, 0.2) is 5.82 Å². The van der Waals surface area contributed by atoms with Crippen LogP contribution in [0.4, 0.5) is 5.82 Å². The number of carboxylic acid groups (broad SMARTS) is 1. The fraction of sp³-hybridized carbons (Fsp3) is 0.182. The second-order valence-corrected chi connectivity index (χ2v) is 4.54. The molecule has 0 saturated heterocycles. The Bertz CT molecular complexity index is 513. The van der Waals surface area contributed by atoms with Crippen LogP contribution in [0.15, 0.2) is 29.8 Å². The number of carbonyl (C=O) groups is 1. The molecule has 0 aromatic carbocycles. The van der Waals surface area contributed by atoms with Crippen LogP contribution in [0.5, 0.6) is 0 Å². The molecule has 2 heterocycles. The lowest BCUT2D eigenvalue weighted by Crippen LogP contribution is -2.20. The number of thiophene rings is 1. The Kier molecular flexibility index (Phi) is 3.34. The van der Waals surface area contributed by atoms with Gasteiger partial charge in [0, 0.05) is 11.9 Å². The third-order valence-corrected chi connectivity index (χ3v) is 3.13. The van der Waals surface area contributed by atoms with E-state index in [1.54, 1.807) is 23.3 Å². The summed E-state index contributed by atoms with van der Waals surface area (Å²) in [5, 5.41) is 18.6. The third-order valence-electron chi connectivity index (χ3n) is 2.27. The van der Waals surface area contributed by atoms with Crippen LogP contribution in [0.2, 0.25) is 0 Å². The van der Waals surface area contributed by atoms with Crippen LogP contribution < -0.4 is 4.90 Å². The molecule has 2 rings (SSSR count). The zero-order valence-electron chi connectivity index (χ0n) is 9.20. The van der Waals surface area contributed by atoms with Crippen molar-refractivity contribution in [3.63, 3.8) is 0 Å². The molecule has 0 fully saturated rings. The quantitative estimate of drug-likeness (QED) is 0.896. The molecule has 0 spiro atoms. The van der Waals surface area contributed by atoms with Crippen molar-refractivity contribution in [3.05, 3.63) is 40.2 Å². The van der Waals surface area contributed by atoms with Gasteiger partial charge in [-0.1, -0.05) is 6.07 Å². The first-order chi connectivity index (χ1) is 8.18. The zero-order chi connectivity index (χ0) is 12.3. The normalized spacial score (nSPS) is 10.2. The largest absolute Gasteiger partial charge is 0.478 e. The van der Waals surface area contributed by atoms with E-state index in [2.05, 4.69) is 10.2 Å². The minimum absolute atomic E-state index is 0.166. The lowest BCUT2D eigenvalue weighted by molar-refractivity contribution is 0.0697. The smallest absolute Gasteiger partial charge is 0.339 e. The molecule has 2 aromatic heterocycles. The highest BCUT2D eigenvalue weighted by molar-refractivity contribution is 7.09. The first-order valence-electron chi connectivity index (χ1n) is 4.97. The third kappa shape index (κ3) is 2.59. The van der Waals surface area contributed by atoms with E-state index in [1.807, 2.05) is 17.5 Å². The van der Waals surface area contributed by atoms with E-state index in [0.717, 1.165) is 4.88 Å². The second kappa shape index (κ2) is 4.92. The first kappa shape index (κ1) is 11.5. The van der Waals surface area contributed by atoms with E-state index in [9.17, 15) is 4.79 Å². The molecule has 5 nitrogen and oxygen atoms in total. The van der Waals surface area contributed by atoms with Gasteiger partial charge in [-0.2, -0.15) is 5.10 Å². The van der Waals surface area contributed by atoms with E-state index in [-0.39, 0.29) is 5.56 Å². The summed E-state index contributed by atoms with van der Waals surface area (Å²) in [5.74, 6) is -0.610. The summed E-state index contributed by atoms with van der Waals surface area (Å²) in [4.78, 5) is 14.0. The molecule has 0 radical (unpaired) electrons. The van der Waals surface area contributed by atoms with Gasteiger partial charge in [0.1, 0.15) is 5.56 Å². The zero-order valence-corrected chi connectivity index (χ0v) is 10.0. The van der Waals surface area contributed by atoms with Gasteiger partial charge < -0.3 is 10.0 Å². The number of aromatic carboxylic acids is 1. The Morgan fingerprint density at radius 3 is 3.00 bits per heavy atom. The fourth-order valence-corrected chi connectivity index (χ4v) is 2.24. The van der Waals surface area contributed by atoms with Gasteiger partial charge in [0.05, 0.1) is 12.7 Å². The molecule has 0 saturated carbocycles. The molecule has 0 unspecified atom stereocenters. The van der Waals surface area contributed by atoms with Crippen LogP contribution in [-0.4, -0.2) is 28.3 Å². The molecule has 0 aliphatic rings. The van der Waals surface area contributed by atoms with Gasteiger partial charge in [0.25, 0.3) is 0 Å². The van der Waals surface area contributed by atoms with Crippen molar-refractivity contribution in [1.29, 1.82) is 0 Å². The average molecular weight is 249 g/mol. The van der Waals surface area contributed by atoms with Crippen molar-refractivity contribution in [1.82, 2.24) is 10.2 Å². The molecule has 1 N–H and O–H groups in total. The molecule has 0 atom stereocenters. The summed E-state index contributed by atoms with van der Waals surface area (Å²) in [6.07, 6.45) is 1.38. The Morgan fingerprint density at radius 1 is 1.53 bits per heavy atom. The topological polar surface area (TPSA) is 66.3 Å². The molecule has 88 valence electrons. The minimum Gasteiger partial charge on any atom is -0.478 e. The average Bonchev–Trinajstić information content (AvgIpc) is 2.81. The SMILES string of the molecule is CN(Cc1cccs1)c1nnccc1C(=O)O. The summed E-state index contributed by atoms with van der Waals surface area (Å²) >= 11 is 1.62. The number of anilines is 1. The maximum atomic E-state index is 11.0. The maximum absolute atomic E-state index is 11.0. The molecule has 6 heteroatoms. The van der Waals surface area contributed by atoms with E-state index in [0.29, 0.717) is 12.4 Å². The van der Waals surface area contributed by atoms with Crippen molar-refractivity contribution in [2.75, 3.05) is 11.9 Å². The molecular formula is C11H11N3O2S. The number of hydrogen-bond acceptors (Lipinski definition) is 5. The summed E-state index contributed by atoms with van der Waals surface area (Å²) in [6.45, 7) is 0.622. The molecule has 17 heavy (non-hydrogen) atoms. The van der Waals surface area contributed by atoms with Gasteiger partial charge in [-0.05, 0) is 17.5 Å². The molecule has 0 bridgehead atoms. The maximum Gasteiger partial charge on any atom is 0.339 e. The van der Waals surface area contributed by atoms with Crippen molar-refractivity contribution in [2.24, 2.45) is 0 Å². The van der Waals surface area contributed by atoms with Crippen LogP contribution in [0.25, 0.3) is 0 Å². The Hall–Kier alpha value is -1.95. The van der Waals surface area contributed by atoms with E-state index < -0.39 is 5.97 Å². The number of aromatic nitrogens is 2. The van der Waals surface area contributed by atoms with Crippen LogP contribution in [0.3, 0.4) is 0 Å². The summed E-state index contributed by atoms with van der Waals surface area (Å²) in [6, 6.07) is 5.41. The van der Waals surface area contributed by atoms with Crippen molar-refractivity contribution in [3.8, 4) is 0 Å². The summed E-state index contributed by atoms with van der Waals surface area (Å²) in [7, 11) is 1.80. The van der Waals surface area contributed by atoms with Crippen molar-refractivity contribution in [2.45, 2.75) is 6.54 Å². The first-order valence-corrected chi connectivity index (χ1v) is 5.85. The lowest BCUT2D eigenvalue weighted by Gasteiger charge is -2.17. The second-order valence-electron chi connectivity index (χ2n) is 3.51. The standard InChI is InChI=1S/C11H11N3O2S/c1-14(7-8-3-2-6-17-8)10-9(11(15)16)4-5-12-13-10/h2-6H,7H2,1H3,(H,15,16). The van der Waals surface area contributed by atoms with Gasteiger partial charge in [0.2, 0.25) is 0 Å². The molecule has 0 aliphatic carbocycles. The highest BCUT2D eigenvalue weighted by Crippen LogP contribution is 2.19. The molecule has 0 aliphatic heterocycles. The van der Waals surface area contributed by atoms with E-state index >= 15 is 0 Å². The van der Waals surface area contributed by atoms with Crippen LogP contribution in [0.1, 0.15) is 15.2 Å². The van der Waals surface area contributed by atoms with Crippen LogP contribution in [0, 0.1) is 0 Å². The Labute approximate surface area is 102 Å². The number of nitrogens with zero attached hydrogens (tertiary/aromatic N) is 3. The van der Waals surface area contributed by atoms with Gasteiger partial charge in [-0.3, -0.25) is 0 Å². The molecule has 2 aromatic rings. The number of carboxylic acids is 1. The summed E-state index contributed by atoms with van der Waals surface area (Å²) in [5.41, 5.74) is 0.166. The lowest BCUT2D eigenvalue weighted by atomic mass is 10.2. The minimum atomic E-state index is -0.993. The van der Waals surface area contributed by atoms with E-state index in [1.165, 1.54) is 12.3 Å². The Morgan fingerprint density at radius 2 is 2.35 bits per heavy atom. The number of hydrogen-bond donors (Lipinski definition) is 1. The highest BCUT2D eigenvalue weighted by atomic mass is 32.1. The monoisotopic (exact) mass is 249 g/mol. The predicted octanol–water partition coefficient (Wildman–Crippen LogP) is 1.87. The Balaban J connectivity index is 2.24. The van der Waals surface area contributed by atoms with Crippen molar-refractivity contribution >= 4 is 23.1 Å². The van der Waals surface area contributed by atoms with Crippen LogP contribution in [-0.2, 0) is 6.54 Å². The number of rotatable bonds is 4. The van der Waals surface area contributed by atoms with Crippen molar-refractivity contribution < 1.29 is 9.90 Å².